The van der Waals surface area contributed by atoms with Gasteiger partial charge in [0.2, 0.25) is 0 Å². The van der Waals surface area contributed by atoms with Gasteiger partial charge in [-0.1, -0.05) is 28.1 Å². The Bertz CT molecular complexity index is 837. The number of aromatic nitrogens is 1. The van der Waals surface area contributed by atoms with E-state index in [4.69, 9.17) is 0 Å². The summed E-state index contributed by atoms with van der Waals surface area (Å²) in [5.74, 6) is -0.547. The topological polar surface area (TPSA) is 44.9 Å². The van der Waals surface area contributed by atoms with Crippen molar-refractivity contribution >= 4 is 32.7 Å². The number of benzene rings is 2. The molecule has 0 saturated heterocycles. The third kappa shape index (κ3) is 3.20. The number of halogens is 2. The predicted octanol–water partition coefficient (Wildman–Crippen LogP) is 4.31. The molecule has 3 rings (SSSR count). The minimum Gasteiger partial charge on any atom is -0.351 e. The van der Waals surface area contributed by atoms with Crippen LogP contribution in [0.2, 0.25) is 0 Å². The van der Waals surface area contributed by atoms with Gasteiger partial charge in [0, 0.05) is 21.9 Å². The number of amides is 1. The largest absolute Gasteiger partial charge is 0.351 e. The summed E-state index contributed by atoms with van der Waals surface area (Å²) in [6.45, 7) is 2.27. The van der Waals surface area contributed by atoms with Crippen LogP contribution >= 0.6 is 15.9 Å². The molecule has 0 atom stereocenters. The van der Waals surface area contributed by atoms with Gasteiger partial charge in [0.05, 0.1) is 0 Å². The first-order valence-electron chi connectivity index (χ1n) is 6.84. The van der Waals surface area contributed by atoms with E-state index >= 15 is 0 Å². The number of rotatable bonds is 3. The van der Waals surface area contributed by atoms with E-state index in [9.17, 15) is 9.18 Å². The monoisotopic (exact) mass is 360 g/mol. The number of hydrogen-bond acceptors (Lipinski definition) is 1. The molecule has 0 bridgehead atoms. The lowest BCUT2D eigenvalue weighted by atomic mass is 10.2. The number of carbonyl (C=O) groups excluding carboxylic acids is 1. The molecule has 0 aliphatic heterocycles. The van der Waals surface area contributed by atoms with Crippen LogP contribution in [0.15, 0.2) is 46.9 Å². The number of aromatic amines is 1. The third-order valence-electron chi connectivity index (χ3n) is 3.40. The van der Waals surface area contributed by atoms with Gasteiger partial charge in [0.1, 0.15) is 11.5 Å². The number of nitrogens with one attached hydrogen (secondary N) is 2. The summed E-state index contributed by atoms with van der Waals surface area (Å²) < 4.78 is 14.0. The molecule has 22 heavy (non-hydrogen) atoms. The quantitative estimate of drug-likeness (QED) is 0.718. The standard InChI is InChI=1S/C17H14BrFN2O/c1-10-2-3-12-7-16(21-15(12)4-10)17(22)20-9-11-5-13(18)8-14(19)6-11/h2-8,21H,9H2,1H3,(H,20,22). The number of hydrogen-bond donors (Lipinski definition) is 2. The van der Waals surface area contributed by atoms with Gasteiger partial charge in [-0.3, -0.25) is 4.79 Å². The van der Waals surface area contributed by atoms with Gasteiger partial charge >= 0.3 is 0 Å². The highest BCUT2D eigenvalue weighted by atomic mass is 79.9. The van der Waals surface area contributed by atoms with E-state index < -0.39 is 0 Å². The molecule has 2 N–H and O–H groups in total. The second kappa shape index (κ2) is 5.93. The average molecular weight is 361 g/mol. The fourth-order valence-corrected chi connectivity index (χ4v) is 2.87. The summed E-state index contributed by atoms with van der Waals surface area (Å²) >= 11 is 3.24. The van der Waals surface area contributed by atoms with Crippen LogP contribution in [0, 0.1) is 12.7 Å². The molecule has 5 heteroatoms. The maximum absolute atomic E-state index is 13.3. The molecule has 1 aromatic heterocycles. The molecule has 3 aromatic rings. The molecule has 0 spiro atoms. The molecule has 0 saturated carbocycles. The van der Waals surface area contributed by atoms with Crippen LogP contribution in [0.4, 0.5) is 4.39 Å². The molecule has 0 aliphatic rings. The van der Waals surface area contributed by atoms with Gasteiger partial charge in [-0.15, -0.1) is 0 Å². The summed E-state index contributed by atoms with van der Waals surface area (Å²) in [6, 6.07) is 12.3. The number of carbonyl (C=O) groups is 1. The van der Waals surface area contributed by atoms with Crippen molar-refractivity contribution in [1.82, 2.24) is 10.3 Å². The maximum atomic E-state index is 13.3. The van der Waals surface area contributed by atoms with Crippen LogP contribution in [-0.2, 0) is 6.54 Å². The van der Waals surface area contributed by atoms with Crippen molar-refractivity contribution in [2.24, 2.45) is 0 Å². The Hall–Kier alpha value is -2.14. The fourth-order valence-electron chi connectivity index (χ4n) is 2.35. The molecule has 1 amide bonds. The van der Waals surface area contributed by atoms with E-state index in [-0.39, 0.29) is 18.3 Å². The van der Waals surface area contributed by atoms with Gasteiger partial charge in [0.15, 0.2) is 0 Å². The predicted molar refractivity (Wildman–Crippen MR) is 88.3 cm³/mol. The molecule has 0 unspecified atom stereocenters. The Kier molecular flexibility index (Phi) is 3.98. The zero-order chi connectivity index (χ0) is 15.7. The molecule has 112 valence electrons. The number of aryl methyl sites for hydroxylation is 1. The Labute approximate surface area is 135 Å². The van der Waals surface area contributed by atoms with Gasteiger partial charge < -0.3 is 10.3 Å². The lowest BCUT2D eigenvalue weighted by Crippen LogP contribution is -2.23. The summed E-state index contributed by atoms with van der Waals surface area (Å²) in [6.07, 6.45) is 0. The molecule has 0 aliphatic carbocycles. The first kappa shape index (κ1) is 14.8. The summed E-state index contributed by atoms with van der Waals surface area (Å²) in [4.78, 5) is 15.3. The fraction of sp³-hybridized carbons (Fsp3) is 0.118. The number of fused-ring (bicyclic) bond motifs is 1. The Morgan fingerprint density at radius 2 is 2.05 bits per heavy atom. The zero-order valence-corrected chi connectivity index (χ0v) is 13.5. The summed E-state index contributed by atoms with van der Waals surface area (Å²) in [7, 11) is 0. The summed E-state index contributed by atoms with van der Waals surface area (Å²) in [5.41, 5.74) is 3.26. The third-order valence-corrected chi connectivity index (χ3v) is 3.86. The second-order valence-corrected chi connectivity index (χ2v) is 6.15. The van der Waals surface area contributed by atoms with E-state index in [1.54, 1.807) is 6.07 Å². The van der Waals surface area contributed by atoms with Crippen molar-refractivity contribution in [1.29, 1.82) is 0 Å². The maximum Gasteiger partial charge on any atom is 0.267 e. The highest BCUT2D eigenvalue weighted by Crippen LogP contribution is 2.17. The van der Waals surface area contributed by atoms with Crippen LogP contribution < -0.4 is 5.32 Å². The Balaban J connectivity index is 1.75. The van der Waals surface area contributed by atoms with Crippen LogP contribution in [-0.4, -0.2) is 10.9 Å². The molecule has 1 heterocycles. The van der Waals surface area contributed by atoms with Gasteiger partial charge in [-0.25, -0.2) is 4.39 Å². The lowest BCUT2D eigenvalue weighted by Gasteiger charge is -2.05. The first-order valence-corrected chi connectivity index (χ1v) is 7.63. The van der Waals surface area contributed by atoms with Gasteiger partial charge in [-0.05, 0) is 48.4 Å². The smallest absolute Gasteiger partial charge is 0.267 e. The van der Waals surface area contributed by atoms with Crippen LogP contribution in [0.5, 0.6) is 0 Å². The number of H-pyrrole nitrogens is 1. The lowest BCUT2D eigenvalue weighted by molar-refractivity contribution is 0.0946. The van der Waals surface area contributed by atoms with Crippen molar-refractivity contribution in [2.75, 3.05) is 0 Å². The van der Waals surface area contributed by atoms with E-state index in [0.717, 1.165) is 16.5 Å². The van der Waals surface area contributed by atoms with Crippen molar-refractivity contribution in [3.8, 4) is 0 Å². The SMILES string of the molecule is Cc1ccc2cc(C(=O)NCc3cc(F)cc(Br)c3)[nH]c2c1. The van der Waals surface area contributed by atoms with Crippen molar-refractivity contribution in [3.63, 3.8) is 0 Å². The van der Waals surface area contributed by atoms with Crippen molar-refractivity contribution in [3.05, 3.63) is 69.6 Å². The molecule has 2 aromatic carbocycles. The van der Waals surface area contributed by atoms with Gasteiger partial charge in [0.25, 0.3) is 5.91 Å². The molecular weight excluding hydrogens is 347 g/mol. The van der Waals surface area contributed by atoms with E-state index in [1.807, 2.05) is 31.2 Å². The highest BCUT2D eigenvalue weighted by Gasteiger charge is 2.09. The van der Waals surface area contributed by atoms with Crippen LogP contribution in [0.3, 0.4) is 0 Å². The van der Waals surface area contributed by atoms with Crippen LogP contribution in [0.25, 0.3) is 10.9 Å². The van der Waals surface area contributed by atoms with Crippen LogP contribution in [0.1, 0.15) is 21.6 Å². The van der Waals surface area contributed by atoms with E-state index in [1.165, 1.54) is 12.1 Å². The van der Waals surface area contributed by atoms with E-state index in [0.29, 0.717) is 15.7 Å². The van der Waals surface area contributed by atoms with Crippen molar-refractivity contribution < 1.29 is 9.18 Å². The summed E-state index contributed by atoms with van der Waals surface area (Å²) in [5, 5.41) is 3.78. The normalized spacial score (nSPS) is 10.9. The average Bonchev–Trinajstić information content (AvgIpc) is 2.86. The molecule has 0 radical (unpaired) electrons. The highest BCUT2D eigenvalue weighted by molar-refractivity contribution is 9.10. The van der Waals surface area contributed by atoms with E-state index in [2.05, 4.69) is 26.2 Å². The van der Waals surface area contributed by atoms with Crippen molar-refractivity contribution in [2.45, 2.75) is 13.5 Å². The minimum atomic E-state index is -0.334. The van der Waals surface area contributed by atoms with Gasteiger partial charge in [-0.2, -0.15) is 0 Å². The second-order valence-electron chi connectivity index (χ2n) is 5.23. The molecular formula is C17H14BrFN2O. The first-order chi connectivity index (χ1) is 10.5. The Morgan fingerprint density at radius 1 is 1.23 bits per heavy atom. The Morgan fingerprint density at radius 3 is 2.82 bits per heavy atom. The molecule has 3 nitrogen and oxygen atoms in total. The zero-order valence-electron chi connectivity index (χ0n) is 11.9. The minimum absolute atomic E-state index is 0.214. The molecule has 0 fully saturated rings.